The molecule has 1 aromatic heterocycles. The summed E-state index contributed by atoms with van der Waals surface area (Å²) >= 11 is 0. The summed E-state index contributed by atoms with van der Waals surface area (Å²) in [7, 11) is 1.61. The van der Waals surface area contributed by atoms with Gasteiger partial charge in [-0.05, 0) is 66.7 Å². The van der Waals surface area contributed by atoms with Gasteiger partial charge in [0.2, 0.25) is 5.89 Å². The van der Waals surface area contributed by atoms with Crippen molar-refractivity contribution < 1.29 is 18.3 Å². The zero-order chi connectivity index (χ0) is 18.8. The Bertz CT molecular complexity index is 1100. The van der Waals surface area contributed by atoms with E-state index in [2.05, 4.69) is 10.3 Å². The Morgan fingerprint density at radius 3 is 2.48 bits per heavy atom. The first-order valence-electron chi connectivity index (χ1n) is 8.24. The molecule has 5 nitrogen and oxygen atoms in total. The fourth-order valence-corrected chi connectivity index (χ4v) is 2.67. The average molecular weight is 362 g/mol. The van der Waals surface area contributed by atoms with Crippen LogP contribution in [-0.2, 0) is 0 Å². The monoisotopic (exact) mass is 362 g/mol. The molecule has 3 aromatic carbocycles. The Balaban J connectivity index is 1.58. The van der Waals surface area contributed by atoms with E-state index in [1.54, 1.807) is 25.3 Å². The zero-order valence-corrected chi connectivity index (χ0v) is 14.4. The number of fused-ring (bicyclic) bond motifs is 1. The lowest BCUT2D eigenvalue weighted by molar-refractivity contribution is 0.102. The number of hydrogen-bond donors (Lipinski definition) is 1. The molecule has 0 aliphatic rings. The highest BCUT2D eigenvalue weighted by Crippen LogP contribution is 2.27. The number of rotatable bonds is 4. The Kier molecular flexibility index (Phi) is 4.30. The van der Waals surface area contributed by atoms with E-state index in [1.807, 2.05) is 24.3 Å². The van der Waals surface area contributed by atoms with Crippen molar-refractivity contribution in [3.63, 3.8) is 0 Å². The first-order valence-corrected chi connectivity index (χ1v) is 8.24. The highest BCUT2D eigenvalue weighted by Gasteiger charge is 2.11. The van der Waals surface area contributed by atoms with Crippen LogP contribution in [0.4, 0.5) is 10.1 Å². The van der Waals surface area contributed by atoms with Crippen molar-refractivity contribution in [1.29, 1.82) is 0 Å². The van der Waals surface area contributed by atoms with Crippen molar-refractivity contribution >= 4 is 22.7 Å². The normalized spacial score (nSPS) is 10.7. The minimum atomic E-state index is -0.387. The van der Waals surface area contributed by atoms with Crippen molar-refractivity contribution in [3.8, 4) is 17.2 Å². The Labute approximate surface area is 154 Å². The van der Waals surface area contributed by atoms with Gasteiger partial charge in [-0.25, -0.2) is 9.37 Å². The molecule has 0 spiro atoms. The molecule has 1 heterocycles. The lowest BCUT2D eigenvalue weighted by Crippen LogP contribution is -2.11. The van der Waals surface area contributed by atoms with Crippen LogP contribution in [0.25, 0.3) is 22.6 Å². The third kappa shape index (κ3) is 3.50. The summed E-state index contributed by atoms with van der Waals surface area (Å²) in [6.45, 7) is 0. The van der Waals surface area contributed by atoms with Gasteiger partial charge in [0.25, 0.3) is 5.91 Å². The number of nitrogens with one attached hydrogen (secondary N) is 1. The molecule has 1 N–H and O–H groups in total. The lowest BCUT2D eigenvalue weighted by Gasteiger charge is -2.04. The highest BCUT2D eigenvalue weighted by atomic mass is 19.1. The largest absolute Gasteiger partial charge is 0.497 e. The topological polar surface area (TPSA) is 64.4 Å². The predicted molar refractivity (Wildman–Crippen MR) is 100 cm³/mol. The maximum Gasteiger partial charge on any atom is 0.255 e. The maximum atomic E-state index is 13.0. The third-order valence-electron chi connectivity index (χ3n) is 4.09. The summed E-state index contributed by atoms with van der Waals surface area (Å²) in [5.74, 6) is 0.519. The van der Waals surface area contributed by atoms with E-state index in [0.717, 1.165) is 11.3 Å². The van der Waals surface area contributed by atoms with Gasteiger partial charge in [0.05, 0.1) is 7.11 Å². The van der Waals surface area contributed by atoms with Gasteiger partial charge in [-0.1, -0.05) is 0 Å². The SMILES string of the molecule is COc1ccc(-c2nc3cc(NC(=O)c4ccc(F)cc4)ccc3o2)cc1. The van der Waals surface area contributed by atoms with Crippen molar-refractivity contribution in [3.05, 3.63) is 78.1 Å². The van der Waals surface area contributed by atoms with Crippen LogP contribution in [0.1, 0.15) is 10.4 Å². The van der Waals surface area contributed by atoms with E-state index in [-0.39, 0.29) is 11.7 Å². The van der Waals surface area contributed by atoms with Crippen LogP contribution in [0, 0.1) is 5.82 Å². The zero-order valence-electron chi connectivity index (χ0n) is 14.4. The van der Waals surface area contributed by atoms with Crippen LogP contribution in [0.2, 0.25) is 0 Å². The van der Waals surface area contributed by atoms with Crippen molar-refractivity contribution in [2.45, 2.75) is 0 Å². The number of anilines is 1. The Morgan fingerprint density at radius 1 is 1.04 bits per heavy atom. The van der Waals surface area contributed by atoms with E-state index in [9.17, 15) is 9.18 Å². The number of oxazole rings is 1. The van der Waals surface area contributed by atoms with Gasteiger partial charge >= 0.3 is 0 Å². The highest BCUT2D eigenvalue weighted by molar-refractivity contribution is 6.04. The number of methoxy groups -OCH3 is 1. The summed E-state index contributed by atoms with van der Waals surface area (Å²) in [5, 5.41) is 2.77. The van der Waals surface area contributed by atoms with Crippen molar-refractivity contribution in [1.82, 2.24) is 4.98 Å². The van der Waals surface area contributed by atoms with Crippen LogP contribution in [0.15, 0.2) is 71.1 Å². The number of nitrogens with zero attached hydrogens (tertiary/aromatic N) is 1. The van der Waals surface area contributed by atoms with Crippen LogP contribution >= 0.6 is 0 Å². The Hall–Kier alpha value is -3.67. The van der Waals surface area contributed by atoms with E-state index in [1.165, 1.54) is 24.3 Å². The molecule has 0 fully saturated rings. The van der Waals surface area contributed by atoms with Gasteiger partial charge in [0.1, 0.15) is 17.1 Å². The summed E-state index contributed by atoms with van der Waals surface area (Å²) < 4.78 is 23.9. The Morgan fingerprint density at radius 2 is 1.78 bits per heavy atom. The van der Waals surface area contributed by atoms with Gasteiger partial charge in [-0.15, -0.1) is 0 Å². The molecule has 0 saturated carbocycles. The smallest absolute Gasteiger partial charge is 0.255 e. The molecule has 0 radical (unpaired) electrons. The van der Waals surface area contributed by atoms with E-state index in [0.29, 0.717) is 28.2 Å². The van der Waals surface area contributed by atoms with E-state index >= 15 is 0 Å². The molecule has 27 heavy (non-hydrogen) atoms. The molecule has 0 aliphatic carbocycles. The van der Waals surface area contributed by atoms with Crippen molar-refractivity contribution in [2.24, 2.45) is 0 Å². The number of halogens is 1. The predicted octanol–water partition coefficient (Wildman–Crippen LogP) is 4.89. The fraction of sp³-hybridized carbons (Fsp3) is 0.0476. The van der Waals surface area contributed by atoms with Gasteiger partial charge in [0.15, 0.2) is 5.58 Å². The van der Waals surface area contributed by atoms with Gasteiger partial charge in [0, 0.05) is 16.8 Å². The molecule has 0 aliphatic heterocycles. The van der Waals surface area contributed by atoms with Gasteiger partial charge in [-0.2, -0.15) is 0 Å². The quantitative estimate of drug-likeness (QED) is 0.561. The summed E-state index contributed by atoms with van der Waals surface area (Å²) in [4.78, 5) is 16.7. The first-order chi connectivity index (χ1) is 13.1. The number of ether oxygens (including phenoxy) is 1. The van der Waals surface area contributed by atoms with E-state index in [4.69, 9.17) is 9.15 Å². The number of carbonyl (C=O) groups excluding carboxylic acids is 1. The number of amides is 1. The second kappa shape index (κ2) is 6.92. The second-order valence-electron chi connectivity index (χ2n) is 5.89. The fourth-order valence-electron chi connectivity index (χ4n) is 2.67. The molecule has 1 amide bonds. The number of carbonyl (C=O) groups is 1. The molecule has 0 bridgehead atoms. The molecule has 0 unspecified atom stereocenters. The maximum absolute atomic E-state index is 13.0. The summed E-state index contributed by atoms with van der Waals surface area (Å²) in [5.41, 5.74) is 3.00. The minimum absolute atomic E-state index is 0.326. The van der Waals surface area contributed by atoms with Crippen LogP contribution in [0.3, 0.4) is 0 Å². The molecular weight excluding hydrogens is 347 g/mol. The molecule has 6 heteroatoms. The minimum Gasteiger partial charge on any atom is -0.497 e. The molecule has 134 valence electrons. The molecule has 4 aromatic rings. The van der Waals surface area contributed by atoms with E-state index < -0.39 is 0 Å². The molecular formula is C21H15FN2O3. The van der Waals surface area contributed by atoms with Crippen LogP contribution in [-0.4, -0.2) is 18.0 Å². The molecule has 0 saturated heterocycles. The second-order valence-corrected chi connectivity index (χ2v) is 5.89. The standard InChI is InChI=1S/C21H15FN2O3/c1-26-17-9-4-14(5-10-17)21-24-18-12-16(8-11-19(18)27-21)23-20(25)13-2-6-15(22)7-3-13/h2-12H,1H3,(H,23,25). The summed E-state index contributed by atoms with van der Waals surface area (Å²) in [6.07, 6.45) is 0. The lowest BCUT2D eigenvalue weighted by atomic mass is 10.2. The first kappa shape index (κ1) is 16.8. The third-order valence-corrected chi connectivity index (χ3v) is 4.09. The number of benzene rings is 3. The van der Waals surface area contributed by atoms with Crippen LogP contribution < -0.4 is 10.1 Å². The average Bonchev–Trinajstić information content (AvgIpc) is 3.12. The summed E-state index contributed by atoms with van der Waals surface area (Å²) in [6, 6.07) is 17.9. The van der Waals surface area contributed by atoms with Gasteiger partial charge < -0.3 is 14.5 Å². The number of aromatic nitrogens is 1. The van der Waals surface area contributed by atoms with Crippen molar-refractivity contribution in [2.75, 3.05) is 12.4 Å². The van der Waals surface area contributed by atoms with Gasteiger partial charge in [-0.3, -0.25) is 4.79 Å². The van der Waals surface area contributed by atoms with Crippen LogP contribution in [0.5, 0.6) is 5.75 Å². The molecule has 4 rings (SSSR count). The number of hydrogen-bond acceptors (Lipinski definition) is 4. The molecule has 0 atom stereocenters.